The molecule has 1 saturated heterocycles. The number of hydrogen-bond donors (Lipinski definition) is 1. The van der Waals surface area contributed by atoms with Crippen LogP contribution in [0.3, 0.4) is 0 Å². The van der Waals surface area contributed by atoms with Gasteiger partial charge in [-0.05, 0) is 29.1 Å². The van der Waals surface area contributed by atoms with E-state index in [2.05, 4.69) is 57.3 Å². The summed E-state index contributed by atoms with van der Waals surface area (Å²) in [5, 5.41) is 9.44. The largest absolute Gasteiger partial charge is 0.353 e. The number of carbonyl (C=O) groups is 1. The fraction of sp³-hybridized carbons (Fsp3) is 0.217. The Balaban J connectivity index is 1.39. The Morgan fingerprint density at radius 2 is 1.85 bits per heavy atom. The highest BCUT2D eigenvalue weighted by Gasteiger charge is 2.22. The molecule has 3 aromatic heterocycles. The summed E-state index contributed by atoms with van der Waals surface area (Å²) in [5.74, 6) is 0.789. The molecule has 4 aromatic rings. The predicted octanol–water partition coefficient (Wildman–Crippen LogP) is 4.41. The van der Waals surface area contributed by atoms with Crippen molar-refractivity contribution >= 4 is 62.8 Å². The van der Waals surface area contributed by atoms with E-state index in [1.54, 1.807) is 23.1 Å². The average molecular weight is 574 g/mol. The standard InChI is InChI=1S/C23H21ClIN7O/c1-30-14-18(13-28-30)15-2-3-16-12-27-20(11-17(16)10-15)29-23(33)19-4-5-26-22(21(19)24)31-6-8-32(25)9-7-31/h2-5,10-14H,6-9H2,1H3,(H,27,29,33). The van der Waals surface area contributed by atoms with Gasteiger partial charge in [0.25, 0.3) is 5.91 Å². The zero-order valence-electron chi connectivity index (χ0n) is 17.9. The molecule has 1 amide bonds. The van der Waals surface area contributed by atoms with Crippen molar-refractivity contribution in [3.8, 4) is 11.1 Å². The first-order valence-electron chi connectivity index (χ1n) is 10.5. The van der Waals surface area contributed by atoms with Gasteiger partial charge in [-0.3, -0.25) is 9.48 Å². The second kappa shape index (κ2) is 9.24. The third kappa shape index (κ3) is 4.66. The summed E-state index contributed by atoms with van der Waals surface area (Å²) in [5.41, 5.74) is 2.46. The molecule has 168 valence electrons. The number of halogens is 2. The van der Waals surface area contributed by atoms with Crippen LogP contribution in [0, 0.1) is 0 Å². The van der Waals surface area contributed by atoms with Crippen molar-refractivity contribution in [3.05, 3.63) is 65.7 Å². The topological polar surface area (TPSA) is 79.2 Å². The Morgan fingerprint density at radius 3 is 2.61 bits per heavy atom. The van der Waals surface area contributed by atoms with E-state index in [9.17, 15) is 4.79 Å². The number of rotatable bonds is 4. The highest BCUT2D eigenvalue weighted by atomic mass is 127. The van der Waals surface area contributed by atoms with Gasteiger partial charge in [-0.25, -0.2) is 13.1 Å². The van der Waals surface area contributed by atoms with Crippen molar-refractivity contribution in [1.82, 2.24) is 22.9 Å². The van der Waals surface area contributed by atoms with Crippen molar-refractivity contribution in [1.29, 1.82) is 0 Å². The van der Waals surface area contributed by atoms with Gasteiger partial charge in [0.1, 0.15) is 11.6 Å². The van der Waals surface area contributed by atoms with Crippen LogP contribution in [0.5, 0.6) is 0 Å². The Labute approximate surface area is 210 Å². The van der Waals surface area contributed by atoms with Crippen molar-refractivity contribution < 1.29 is 4.79 Å². The lowest BCUT2D eigenvalue weighted by molar-refractivity contribution is 0.102. The lowest BCUT2D eigenvalue weighted by atomic mass is 10.1. The van der Waals surface area contributed by atoms with E-state index in [4.69, 9.17) is 11.6 Å². The SMILES string of the molecule is Cn1cc(-c2ccc3cnc(NC(=O)c4ccnc(N5CCN(I)CC5)c4Cl)cc3c2)cn1. The van der Waals surface area contributed by atoms with Gasteiger partial charge >= 0.3 is 0 Å². The fourth-order valence-corrected chi connectivity index (χ4v) is 4.61. The predicted molar refractivity (Wildman–Crippen MR) is 139 cm³/mol. The Hall–Kier alpha value is -2.76. The normalized spacial score (nSPS) is 14.6. The van der Waals surface area contributed by atoms with Crippen molar-refractivity contribution in [3.63, 3.8) is 0 Å². The minimum atomic E-state index is -0.313. The summed E-state index contributed by atoms with van der Waals surface area (Å²) < 4.78 is 4.00. The van der Waals surface area contributed by atoms with Gasteiger partial charge < -0.3 is 10.2 Å². The molecule has 1 N–H and O–H groups in total. The summed E-state index contributed by atoms with van der Waals surface area (Å²) in [7, 11) is 1.89. The van der Waals surface area contributed by atoms with E-state index in [1.165, 1.54) is 0 Å². The van der Waals surface area contributed by atoms with E-state index in [1.807, 2.05) is 37.6 Å². The van der Waals surface area contributed by atoms with Crippen LogP contribution < -0.4 is 10.2 Å². The van der Waals surface area contributed by atoms with Crippen molar-refractivity contribution in [2.75, 3.05) is 36.4 Å². The van der Waals surface area contributed by atoms with Crippen LogP contribution in [0.2, 0.25) is 5.02 Å². The van der Waals surface area contributed by atoms with E-state index < -0.39 is 0 Å². The molecular formula is C23H21ClIN7O. The van der Waals surface area contributed by atoms with Crippen LogP contribution in [0.4, 0.5) is 11.6 Å². The minimum Gasteiger partial charge on any atom is -0.353 e. The maximum atomic E-state index is 13.0. The van der Waals surface area contributed by atoms with Crippen LogP contribution in [0.15, 0.2) is 55.1 Å². The second-order valence-corrected chi connectivity index (χ2v) is 9.62. The third-order valence-electron chi connectivity index (χ3n) is 5.64. The maximum Gasteiger partial charge on any atom is 0.258 e. The first kappa shape index (κ1) is 22.1. The first-order valence-corrected chi connectivity index (χ1v) is 11.8. The molecule has 0 saturated carbocycles. The van der Waals surface area contributed by atoms with Crippen LogP contribution >= 0.6 is 34.5 Å². The zero-order valence-corrected chi connectivity index (χ0v) is 20.8. The second-order valence-electron chi connectivity index (χ2n) is 7.88. The summed E-state index contributed by atoms with van der Waals surface area (Å²) in [6.45, 7) is 3.45. The van der Waals surface area contributed by atoms with Gasteiger partial charge in [0.15, 0.2) is 0 Å². The molecule has 0 atom stereocenters. The molecule has 1 aliphatic rings. The van der Waals surface area contributed by atoms with Gasteiger partial charge in [-0.1, -0.05) is 23.7 Å². The molecule has 0 aliphatic carbocycles. The highest BCUT2D eigenvalue weighted by Crippen LogP contribution is 2.29. The molecule has 33 heavy (non-hydrogen) atoms. The van der Waals surface area contributed by atoms with E-state index in [0.29, 0.717) is 22.2 Å². The minimum absolute atomic E-state index is 0.313. The number of carbonyl (C=O) groups excluding carboxylic acids is 1. The van der Waals surface area contributed by atoms with Crippen molar-refractivity contribution in [2.24, 2.45) is 7.05 Å². The zero-order chi connectivity index (χ0) is 22.9. The quantitative estimate of drug-likeness (QED) is 0.288. The molecule has 10 heteroatoms. The Morgan fingerprint density at radius 1 is 1.03 bits per heavy atom. The van der Waals surface area contributed by atoms with Gasteiger partial charge in [0, 0.05) is 85.6 Å². The molecule has 1 aliphatic heterocycles. The number of piperazine rings is 1. The van der Waals surface area contributed by atoms with E-state index in [-0.39, 0.29) is 5.91 Å². The lowest BCUT2D eigenvalue weighted by Crippen LogP contribution is -2.42. The molecule has 8 nitrogen and oxygen atoms in total. The maximum absolute atomic E-state index is 13.0. The number of aromatic nitrogens is 4. The number of anilines is 2. The molecule has 0 bridgehead atoms. The summed E-state index contributed by atoms with van der Waals surface area (Å²) >= 11 is 8.93. The van der Waals surface area contributed by atoms with Crippen LogP contribution in [-0.4, -0.2) is 54.9 Å². The fourth-order valence-electron chi connectivity index (χ4n) is 3.87. The van der Waals surface area contributed by atoms with Gasteiger partial charge in [0.2, 0.25) is 0 Å². The first-order chi connectivity index (χ1) is 16.0. The summed E-state index contributed by atoms with van der Waals surface area (Å²) in [6.07, 6.45) is 7.17. The number of nitrogens with zero attached hydrogens (tertiary/aromatic N) is 6. The van der Waals surface area contributed by atoms with Crippen LogP contribution in [-0.2, 0) is 7.05 Å². The molecule has 4 heterocycles. The molecule has 0 unspecified atom stereocenters. The van der Waals surface area contributed by atoms with E-state index in [0.717, 1.165) is 48.1 Å². The van der Waals surface area contributed by atoms with Crippen molar-refractivity contribution in [2.45, 2.75) is 0 Å². The number of fused-ring (bicyclic) bond motifs is 1. The van der Waals surface area contributed by atoms with Crippen LogP contribution in [0.1, 0.15) is 10.4 Å². The molecular weight excluding hydrogens is 553 g/mol. The Kier molecular flexibility index (Phi) is 6.17. The highest BCUT2D eigenvalue weighted by molar-refractivity contribution is 14.1. The summed E-state index contributed by atoms with van der Waals surface area (Å²) in [6, 6.07) is 9.61. The smallest absolute Gasteiger partial charge is 0.258 e. The summed E-state index contributed by atoms with van der Waals surface area (Å²) in [4.78, 5) is 24.0. The molecule has 0 radical (unpaired) electrons. The molecule has 5 rings (SSSR count). The number of nitrogens with one attached hydrogen (secondary N) is 1. The van der Waals surface area contributed by atoms with Crippen LogP contribution in [0.25, 0.3) is 21.9 Å². The Bertz CT molecular complexity index is 1330. The van der Waals surface area contributed by atoms with E-state index >= 15 is 0 Å². The lowest BCUT2D eigenvalue weighted by Gasteiger charge is -2.32. The number of benzene rings is 1. The molecule has 1 aromatic carbocycles. The third-order valence-corrected chi connectivity index (χ3v) is 6.98. The molecule has 1 fully saturated rings. The van der Waals surface area contributed by atoms with Gasteiger partial charge in [0.05, 0.1) is 16.8 Å². The molecule has 0 spiro atoms. The number of aryl methyl sites for hydroxylation is 1. The number of hydrogen-bond acceptors (Lipinski definition) is 6. The number of amides is 1. The van der Waals surface area contributed by atoms with Gasteiger partial charge in [-0.15, -0.1) is 0 Å². The van der Waals surface area contributed by atoms with Gasteiger partial charge in [-0.2, -0.15) is 5.10 Å². The monoisotopic (exact) mass is 573 g/mol. The average Bonchev–Trinajstić information content (AvgIpc) is 3.25. The number of pyridine rings is 2.